The van der Waals surface area contributed by atoms with Gasteiger partial charge >= 0.3 is 5.97 Å². The molecule has 6 nitrogen and oxygen atoms in total. The van der Waals surface area contributed by atoms with Gasteiger partial charge in [-0.05, 0) is 58.7 Å². The lowest BCUT2D eigenvalue weighted by Crippen LogP contribution is -2.11. The summed E-state index contributed by atoms with van der Waals surface area (Å²) in [5, 5.41) is 6.81. The third kappa shape index (κ3) is 8.32. The number of anilines is 4. The van der Waals surface area contributed by atoms with Gasteiger partial charge in [0.1, 0.15) is 19.8 Å². The summed E-state index contributed by atoms with van der Waals surface area (Å²) in [4.78, 5) is 24.8. The second-order valence-electron chi connectivity index (χ2n) is 10.0. The van der Waals surface area contributed by atoms with Crippen molar-refractivity contribution in [2.75, 3.05) is 10.6 Å². The van der Waals surface area contributed by atoms with Crippen LogP contribution in [-0.2, 0) is 34.3 Å². The fourth-order valence-electron chi connectivity index (χ4n) is 4.45. The summed E-state index contributed by atoms with van der Waals surface area (Å²) in [6.45, 7) is 8.13. The maximum atomic E-state index is 13.6. The average molecular weight is 583 g/mol. The molecule has 0 amide bonds. The molecule has 0 spiro atoms. The summed E-state index contributed by atoms with van der Waals surface area (Å²) in [6, 6.07) is 38.7. The quantitative estimate of drug-likeness (QED) is 0.0588. The lowest BCUT2D eigenvalue weighted by Gasteiger charge is -2.18. The fourth-order valence-corrected chi connectivity index (χ4v) is 4.45. The predicted molar refractivity (Wildman–Crippen MR) is 178 cm³/mol. The number of ether oxygens (including phenoxy) is 1. The van der Waals surface area contributed by atoms with Crippen molar-refractivity contribution in [3.63, 3.8) is 0 Å². The lowest BCUT2D eigenvalue weighted by atomic mass is 10.1. The minimum absolute atomic E-state index is 0.133. The van der Waals surface area contributed by atoms with E-state index in [0.717, 1.165) is 39.2 Å². The Labute approximate surface area is 258 Å². The summed E-state index contributed by atoms with van der Waals surface area (Å²) in [7, 11) is 0. The van der Waals surface area contributed by atoms with Crippen LogP contribution < -0.4 is 10.6 Å². The normalized spacial score (nSPS) is 10.5. The largest absolute Gasteiger partial charge is 0.457 e. The Bertz CT molecular complexity index is 1680. The van der Waals surface area contributed by atoms with E-state index in [0.29, 0.717) is 16.9 Å². The van der Waals surface area contributed by atoms with Crippen LogP contribution >= 0.6 is 0 Å². The van der Waals surface area contributed by atoms with Crippen LogP contribution in [0.3, 0.4) is 0 Å². The van der Waals surface area contributed by atoms with E-state index in [1.54, 1.807) is 18.2 Å². The first-order valence-corrected chi connectivity index (χ1v) is 14.3. The molecule has 0 aliphatic carbocycles. The monoisotopic (exact) mass is 582 g/mol. The number of para-hydroxylation sites is 2. The van der Waals surface area contributed by atoms with Gasteiger partial charge in [-0.1, -0.05) is 110 Å². The molecule has 0 saturated carbocycles. The Morgan fingerprint density at radius 2 is 1.09 bits per heavy atom. The lowest BCUT2D eigenvalue weighted by molar-refractivity contribution is -0.313. The zero-order valence-electron chi connectivity index (χ0n) is 24.4. The fraction of sp³-hybridized carbons (Fsp3) is 0.0789. The Morgan fingerprint density at radius 1 is 0.591 bits per heavy atom. The van der Waals surface area contributed by atoms with Gasteiger partial charge in [0, 0.05) is 22.6 Å². The van der Waals surface area contributed by atoms with Crippen molar-refractivity contribution in [3.05, 3.63) is 168 Å². The molecule has 0 fully saturated rings. The molecule has 44 heavy (non-hydrogen) atoms. The van der Waals surface area contributed by atoms with Crippen LogP contribution in [0.1, 0.15) is 38.2 Å². The molecule has 5 aromatic carbocycles. The number of carbonyl (C=O) groups is 1. The molecule has 0 bridgehead atoms. The maximum Gasteiger partial charge on any atom is 0.340 e. The Hall–Kier alpha value is -5.43. The number of nitrogens with one attached hydrogen (secondary N) is 2. The van der Waals surface area contributed by atoms with Crippen LogP contribution in [0, 0.1) is 0 Å². The van der Waals surface area contributed by atoms with Crippen molar-refractivity contribution < 1.29 is 19.3 Å². The van der Waals surface area contributed by atoms with Gasteiger partial charge in [0.2, 0.25) is 0 Å². The van der Waals surface area contributed by atoms with Gasteiger partial charge in [-0.25, -0.2) is 14.6 Å². The maximum absolute atomic E-state index is 13.6. The van der Waals surface area contributed by atoms with Gasteiger partial charge in [-0.2, -0.15) is 0 Å². The number of carbonyl (C=O) groups excluding carboxylic acids is 1. The van der Waals surface area contributed by atoms with Crippen molar-refractivity contribution in [3.8, 4) is 0 Å². The Morgan fingerprint density at radius 3 is 1.64 bits per heavy atom. The zero-order chi connectivity index (χ0) is 30.6. The molecule has 220 valence electrons. The highest BCUT2D eigenvalue weighted by atomic mass is 17.2. The van der Waals surface area contributed by atoms with Crippen LogP contribution in [0.2, 0.25) is 0 Å². The SMILES string of the molecule is C=Cc1ccc(COOCc2cc(Nc3ccccc3)c(C(=O)OCc3ccc(C=C)cc3)cc2Nc2ccccc2)cc1. The molecule has 2 N–H and O–H groups in total. The molecule has 0 aliphatic rings. The molecule has 0 heterocycles. The Balaban J connectivity index is 1.41. The van der Waals surface area contributed by atoms with Gasteiger partial charge in [0.15, 0.2) is 0 Å². The molecule has 0 atom stereocenters. The number of rotatable bonds is 14. The Kier molecular flexibility index (Phi) is 10.4. The highest BCUT2D eigenvalue weighted by molar-refractivity contribution is 5.98. The highest BCUT2D eigenvalue weighted by Crippen LogP contribution is 2.32. The number of benzene rings is 5. The van der Waals surface area contributed by atoms with E-state index in [9.17, 15) is 4.79 Å². The van der Waals surface area contributed by atoms with Crippen LogP contribution in [-0.4, -0.2) is 5.97 Å². The van der Waals surface area contributed by atoms with Crippen LogP contribution in [0.15, 0.2) is 134 Å². The molecule has 5 aromatic rings. The highest BCUT2D eigenvalue weighted by Gasteiger charge is 2.19. The number of hydrogen-bond donors (Lipinski definition) is 2. The summed E-state index contributed by atoms with van der Waals surface area (Å²) in [5.74, 6) is -0.459. The van der Waals surface area contributed by atoms with E-state index in [-0.39, 0.29) is 19.8 Å². The van der Waals surface area contributed by atoms with E-state index >= 15 is 0 Å². The minimum atomic E-state index is -0.459. The van der Waals surface area contributed by atoms with Crippen LogP contribution in [0.25, 0.3) is 12.2 Å². The standard InChI is InChI=1S/C38H34N2O4/c1-3-28-15-19-30(20-16-28)25-42-38(41)35-24-36(39-33-11-7-5-8-12-33)32(23-37(35)40-34-13-9-6-10-14-34)27-44-43-26-31-21-17-29(4-2)18-22-31/h3-24,39-40H,1-2,25-27H2. The van der Waals surface area contributed by atoms with Gasteiger partial charge in [0.25, 0.3) is 0 Å². The van der Waals surface area contributed by atoms with E-state index < -0.39 is 5.97 Å². The summed E-state index contributed by atoms with van der Waals surface area (Å²) in [6.07, 6.45) is 3.57. The number of hydrogen-bond acceptors (Lipinski definition) is 6. The summed E-state index contributed by atoms with van der Waals surface area (Å²) < 4.78 is 5.78. The van der Waals surface area contributed by atoms with Gasteiger partial charge in [0.05, 0.1) is 11.3 Å². The van der Waals surface area contributed by atoms with Crippen LogP contribution in [0.4, 0.5) is 22.7 Å². The van der Waals surface area contributed by atoms with Crippen molar-refractivity contribution in [2.45, 2.75) is 19.8 Å². The van der Waals surface area contributed by atoms with Gasteiger partial charge < -0.3 is 15.4 Å². The zero-order valence-corrected chi connectivity index (χ0v) is 24.4. The second-order valence-corrected chi connectivity index (χ2v) is 10.0. The third-order valence-electron chi connectivity index (χ3n) is 6.89. The average Bonchev–Trinajstić information content (AvgIpc) is 3.08. The van der Waals surface area contributed by atoms with E-state index in [2.05, 4.69) is 23.8 Å². The van der Waals surface area contributed by atoms with Crippen molar-refractivity contribution in [2.24, 2.45) is 0 Å². The number of esters is 1. The molecule has 5 rings (SSSR count). The molecule has 0 aromatic heterocycles. The van der Waals surface area contributed by atoms with E-state index in [4.69, 9.17) is 14.5 Å². The minimum Gasteiger partial charge on any atom is -0.457 e. The van der Waals surface area contributed by atoms with E-state index in [1.807, 2.05) is 115 Å². The molecule has 0 aliphatic heterocycles. The van der Waals surface area contributed by atoms with Crippen molar-refractivity contribution in [1.29, 1.82) is 0 Å². The van der Waals surface area contributed by atoms with Crippen molar-refractivity contribution in [1.82, 2.24) is 0 Å². The smallest absolute Gasteiger partial charge is 0.340 e. The first-order chi connectivity index (χ1) is 21.6. The predicted octanol–water partition coefficient (Wildman–Crippen LogP) is 9.47. The van der Waals surface area contributed by atoms with Crippen LogP contribution in [0.5, 0.6) is 0 Å². The molecular weight excluding hydrogens is 548 g/mol. The summed E-state index contributed by atoms with van der Waals surface area (Å²) >= 11 is 0. The molecule has 0 saturated heterocycles. The first-order valence-electron chi connectivity index (χ1n) is 14.3. The molecule has 6 heteroatoms. The third-order valence-corrected chi connectivity index (χ3v) is 6.89. The molecular formula is C38H34N2O4. The molecule has 0 radical (unpaired) electrons. The van der Waals surface area contributed by atoms with Gasteiger partial charge in [-0.15, -0.1) is 0 Å². The topological polar surface area (TPSA) is 68.8 Å². The van der Waals surface area contributed by atoms with Crippen molar-refractivity contribution >= 4 is 40.9 Å². The summed E-state index contributed by atoms with van der Waals surface area (Å²) in [5.41, 5.74) is 8.02. The molecule has 0 unspecified atom stereocenters. The van der Waals surface area contributed by atoms with E-state index in [1.165, 1.54) is 0 Å². The first kappa shape index (κ1) is 30.0. The second kappa shape index (κ2) is 15.2. The van der Waals surface area contributed by atoms with Gasteiger partial charge in [-0.3, -0.25) is 0 Å².